The second-order valence-electron chi connectivity index (χ2n) is 5.69. The van der Waals surface area contributed by atoms with Gasteiger partial charge in [0.25, 0.3) is 0 Å². The van der Waals surface area contributed by atoms with E-state index in [2.05, 4.69) is 5.32 Å². The molecule has 0 heterocycles. The molecule has 25 heavy (non-hydrogen) atoms. The molecule has 2 rings (SSSR count). The standard InChI is InChI=1S/C20H26N2O3/c1-4-24-17-12-11-16(13-18(17)25-5-2)14(3)22-20(23)19(21)15-9-7-6-8-10-15/h6-14,19H,4-5,21H2,1-3H3,(H,22,23). The lowest BCUT2D eigenvalue weighted by atomic mass is 10.0. The molecule has 0 aliphatic rings. The van der Waals surface area contributed by atoms with Crippen LogP contribution in [0.25, 0.3) is 0 Å². The first-order valence-corrected chi connectivity index (χ1v) is 8.57. The summed E-state index contributed by atoms with van der Waals surface area (Å²) < 4.78 is 11.2. The highest BCUT2D eigenvalue weighted by molar-refractivity contribution is 5.83. The highest BCUT2D eigenvalue weighted by atomic mass is 16.5. The number of carbonyl (C=O) groups excluding carboxylic acids is 1. The summed E-state index contributed by atoms with van der Waals surface area (Å²) in [6.07, 6.45) is 0. The Hall–Kier alpha value is -2.53. The van der Waals surface area contributed by atoms with Crippen LogP contribution in [0.4, 0.5) is 0 Å². The van der Waals surface area contributed by atoms with Gasteiger partial charge in [-0.1, -0.05) is 36.4 Å². The molecular formula is C20H26N2O3. The molecule has 2 atom stereocenters. The van der Waals surface area contributed by atoms with Gasteiger partial charge in [0.2, 0.25) is 5.91 Å². The van der Waals surface area contributed by atoms with Crippen LogP contribution in [0.1, 0.15) is 44.0 Å². The van der Waals surface area contributed by atoms with Gasteiger partial charge < -0.3 is 20.5 Å². The van der Waals surface area contributed by atoms with Crippen molar-refractivity contribution in [2.75, 3.05) is 13.2 Å². The molecule has 0 aliphatic heterocycles. The summed E-state index contributed by atoms with van der Waals surface area (Å²) in [6.45, 7) is 6.88. The molecule has 0 fully saturated rings. The van der Waals surface area contributed by atoms with E-state index in [-0.39, 0.29) is 11.9 Å². The maximum absolute atomic E-state index is 12.4. The van der Waals surface area contributed by atoms with Crippen molar-refractivity contribution < 1.29 is 14.3 Å². The zero-order valence-electron chi connectivity index (χ0n) is 15.0. The number of nitrogens with one attached hydrogen (secondary N) is 1. The normalized spacial score (nSPS) is 13.0. The molecular weight excluding hydrogens is 316 g/mol. The molecule has 3 N–H and O–H groups in total. The van der Waals surface area contributed by atoms with Crippen LogP contribution in [0.5, 0.6) is 11.5 Å². The summed E-state index contributed by atoms with van der Waals surface area (Å²) in [7, 11) is 0. The van der Waals surface area contributed by atoms with Crippen molar-refractivity contribution in [1.29, 1.82) is 0 Å². The first kappa shape index (κ1) is 18.8. The second kappa shape index (κ2) is 9.08. The van der Waals surface area contributed by atoms with E-state index in [9.17, 15) is 4.79 Å². The average Bonchev–Trinajstić information content (AvgIpc) is 2.63. The number of benzene rings is 2. The van der Waals surface area contributed by atoms with Gasteiger partial charge in [0, 0.05) is 0 Å². The number of hydrogen-bond donors (Lipinski definition) is 2. The number of ether oxygens (including phenoxy) is 2. The van der Waals surface area contributed by atoms with Gasteiger partial charge in [0.1, 0.15) is 6.04 Å². The first-order chi connectivity index (χ1) is 12.1. The Morgan fingerprint density at radius 2 is 1.64 bits per heavy atom. The quantitative estimate of drug-likeness (QED) is 0.771. The highest BCUT2D eigenvalue weighted by Gasteiger charge is 2.19. The van der Waals surface area contributed by atoms with Crippen LogP contribution in [0.2, 0.25) is 0 Å². The summed E-state index contributed by atoms with van der Waals surface area (Å²) in [6, 6.07) is 14.1. The number of amides is 1. The lowest BCUT2D eigenvalue weighted by Crippen LogP contribution is -2.35. The topological polar surface area (TPSA) is 73.6 Å². The molecule has 1 amide bonds. The van der Waals surface area contributed by atoms with Crippen molar-refractivity contribution >= 4 is 5.91 Å². The Labute approximate surface area is 149 Å². The zero-order chi connectivity index (χ0) is 18.2. The Morgan fingerprint density at radius 1 is 1.00 bits per heavy atom. The van der Waals surface area contributed by atoms with Crippen LogP contribution in [-0.4, -0.2) is 19.1 Å². The Kier molecular flexibility index (Phi) is 6.83. The van der Waals surface area contributed by atoms with Crippen molar-refractivity contribution in [2.24, 2.45) is 5.73 Å². The van der Waals surface area contributed by atoms with Crippen LogP contribution < -0.4 is 20.5 Å². The van der Waals surface area contributed by atoms with Gasteiger partial charge in [0.15, 0.2) is 11.5 Å². The molecule has 0 aromatic heterocycles. The van der Waals surface area contributed by atoms with E-state index in [0.717, 1.165) is 11.1 Å². The van der Waals surface area contributed by atoms with E-state index in [1.165, 1.54) is 0 Å². The average molecular weight is 342 g/mol. The molecule has 2 aromatic rings. The summed E-state index contributed by atoms with van der Waals surface area (Å²) >= 11 is 0. The predicted molar refractivity (Wildman–Crippen MR) is 98.7 cm³/mol. The van der Waals surface area contributed by atoms with Crippen molar-refractivity contribution in [3.8, 4) is 11.5 Å². The van der Waals surface area contributed by atoms with E-state index < -0.39 is 6.04 Å². The summed E-state index contributed by atoms with van der Waals surface area (Å²) in [5.41, 5.74) is 7.77. The number of rotatable bonds is 8. The van der Waals surface area contributed by atoms with Gasteiger partial charge >= 0.3 is 0 Å². The second-order valence-corrected chi connectivity index (χ2v) is 5.69. The minimum atomic E-state index is -0.697. The molecule has 5 nitrogen and oxygen atoms in total. The zero-order valence-corrected chi connectivity index (χ0v) is 15.0. The monoisotopic (exact) mass is 342 g/mol. The Bertz CT molecular complexity index is 689. The van der Waals surface area contributed by atoms with Crippen LogP contribution >= 0.6 is 0 Å². The van der Waals surface area contributed by atoms with Crippen LogP contribution in [0.15, 0.2) is 48.5 Å². The first-order valence-electron chi connectivity index (χ1n) is 8.57. The predicted octanol–water partition coefficient (Wildman–Crippen LogP) is 3.36. The molecule has 0 spiro atoms. The lowest BCUT2D eigenvalue weighted by molar-refractivity contribution is -0.123. The highest BCUT2D eigenvalue weighted by Crippen LogP contribution is 2.30. The van der Waals surface area contributed by atoms with E-state index in [1.807, 2.05) is 69.3 Å². The third-order valence-corrected chi connectivity index (χ3v) is 3.87. The van der Waals surface area contributed by atoms with Gasteiger partial charge in [-0.25, -0.2) is 0 Å². The molecule has 0 radical (unpaired) electrons. The minimum Gasteiger partial charge on any atom is -0.490 e. The van der Waals surface area contributed by atoms with E-state index >= 15 is 0 Å². The van der Waals surface area contributed by atoms with E-state index in [4.69, 9.17) is 15.2 Å². The molecule has 134 valence electrons. The van der Waals surface area contributed by atoms with Crippen LogP contribution in [-0.2, 0) is 4.79 Å². The van der Waals surface area contributed by atoms with E-state index in [1.54, 1.807) is 0 Å². The van der Waals surface area contributed by atoms with E-state index in [0.29, 0.717) is 24.7 Å². The van der Waals surface area contributed by atoms with Gasteiger partial charge in [-0.3, -0.25) is 4.79 Å². The van der Waals surface area contributed by atoms with Crippen molar-refractivity contribution in [3.05, 3.63) is 59.7 Å². The number of carbonyl (C=O) groups is 1. The molecule has 0 saturated heterocycles. The maximum Gasteiger partial charge on any atom is 0.241 e. The van der Waals surface area contributed by atoms with Crippen molar-refractivity contribution in [3.63, 3.8) is 0 Å². The molecule has 2 aromatic carbocycles. The number of hydrogen-bond acceptors (Lipinski definition) is 4. The van der Waals surface area contributed by atoms with Crippen molar-refractivity contribution in [2.45, 2.75) is 32.9 Å². The van der Waals surface area contributed by atoms with Gasteiger partial charge in [-0.15, -0.1) is 0 Å². The minimum absolute atomic E-state index is 0.197. The largest absolute Gasteiger partial charge is 0.490 e. The third kappa shape index (κ3) is 4.97. The van der Waals surface area contributed by atoms with Gasteiger partial charge in [0.05, 0.1) is 19.3 Å². The maximum atomic E-state index is 12.4. The molecule has 0 aliphatic carbocycles. The molecule has 0 bridgehead atoms. The summed E-state index contributed by atoms with van der Waals surface area (Å²) in [4.78, 5) is 12.4. The number of nitrogens with two attached hydrogens (primary N) is 1. The molecule has 5 heteroatoms. The van der Waals surface area contributed by atoms with Crippen LogP contribution in [0.3, 0.4) is 0 Å². The van der Waals surface area contributed by atoms with Crippen molar-refractivity contribution in [1.82, 2.24) is 5.32 Å². The van der Waals surface area contributed by atoms with Gasteiger partial charge in [-0.05, 0) is 44.0 Å². The third-order valence-electron chi connectivity index (χ3n) is 3.87. The molecule has 2 unspecified atom stereocenters. The fourth-order valence-electron chi connectivity index (χ4n) is 2.54. The SMILES string of the molecule is CCOc1ccc(C(C)NC(=O)C(N)c2ccccc2)cc1OCC. The van der Waals surface area contributed by atoms with Gasteiger partial charge in [-0.2, -0.15) is 0 Å². The fourth-order valence-corrected chi connectivity index (χ4v) is 2.54. The Balaban J connectivity index is 2.10. The smallest absolute Gasteiger partial charge is 0.241 e. The molecule has 0 saturated carbocycles. The fraction of sp³-hybridized carbons (Fsp3) is 0.350. The van der Waals surface area contributed by atoms with Crippen LogP contribution in [0, 0.1) is 0 Å². The Morgan fingerprint density at radius 3 is 2.28 bits per heavy atom. The summed E-state index contributed by atoms with van der Waals surface area (Å²) in [5, 5.41) is 2.95. The lowest BCUT2D eigenvalue weighted by Gasteiger charge is -2.20. The summed E-state index contributed by atoms with van der Waals surface area (Å²) in [5.74, 6) is 1.16.